The second-order valence-electron chi connectivity index (χ2n) is 4.10. The van der Waals surface area contributed by atoms with E-state index in [-0.39, 0.29) is 17.3 Å². The quantitative estimate of drug-likeness (QED) is 0.795. The van der Waals surface area contributed by atoms with E-state index in [0.717, 1.165) is 12.0 Å². The lowest BCUT2D eigenvalue weighted by Gasteiger charge is -2.25. The molecule has 0 radical (unpaired) electrons. The Morgan fingerprint density at radius 3 is 2.60 bits per heavy atom. The van der Waals surface area contributed by atoms with E-state index in [0.29, 0.717) is 0 Å². The summed E-state index contributed by atoms with van der Waals surface area (Å²) in [5.41, 5.74) is 0.859. The second-order valence-corrected chi connectivity index (χ2v) is 4.37. The number of alkyl halides is 1. The Morgan fingerprint density at radius 1 is 1.47 bits per heavy atom. The molecule has 1 aromatic heterocycles. The minimum atomic E-state index is -0.284. The zero-order valence-corrected chi connectivity index (χ0v) is 9.71. The van der Waals surface area contributed by atoms with Gasteiger partial charge in [0.2, 0.25) is 5.91 Å². The number of hydrogen-bond donors (Lipinski definition) is 1. The number of rotatable bonds is 4. The van der Waals surface area contributed by atoms with Crippen molar-refractivity contribution in [1.29, 1.82) is 0 Å². The monoisotopic (exact) mass is 226 g/mol. The number of nitrogens with one attached hydrogen (secondary N) is 1. The fourth-order valence-corrected chi connectivity index (χ4v) is 1.53. The maximum atomic E-state index is 11.2. The first-order valence-electron chi connectivity index (χ1n) is 4.79. The molecule has 0 atom stereocenters. The van der Waals surface area contributed by atoms with E-state index in [1.807, 2.05) is 26.0 Å². The van der Waals surface area contributed by atoms with Gasteiger partial charge in [-0.05, 0) is 38.0 Å². The molecular formula is C11H15ClN2O. The van der Waals surface area contributed by atoms with Gasteiger partial charge in [-0.15, -0.1) is 11.6 Å². The fourth-order valence-electron chi connectivity index (χ4n) is 1.47. The van der Waals surface area contributed by atoms with E-state index in [1.165, 1.54) is 0 Å². The normalized spacial score (nSPS) is 11.1. The molecular weight excluding hydrogens is 212 g/mol. The maximum Gasteiger partial charge on any atom is 0.235 e. The van der Waals surface area contributed by atoms with Gasteiger partial charge in [0.25, 0.3) is 0 Å². The van der Waals surface area contributed by atoms with Crippen molar-refractivity contribution in [2.75, 3.05) is 5.88 Å². The van der Waals surface area contributed by atoms with Crippen molar-refractivity contribution in [2.24, 2.45) is 0 Å². The lowest BCUT2D eigenvalue weighted by atomic mass is 9.95. The van der Waals surface area contributed by atoms with Crippen LogP contribution in [0.3, 0.4) is 0 Å². The lowest BCUT2D eigenvalue weighted by molar-refractivity contribution is -0.120. The van der Waals surface area contributed by atoms with Crippen LogP contribution in [0.4, 0.5) is 0 Å². The molecule has 0 aliphatic carbocycles. The molecule has 0 aliphatic heterocycles. The summed E-state index contributed by atoms with van der Waals surface area (Å²) in [5, 5.41) is 2.86. The van der Waals surface area contributed by atoms with Gasteiger partial charge in [0.1, 0.15) is 5.88 Å². The molecule has 0 unspecified atom stereocenters. The van der Waals surface area contributed by atoms with E-state index in [2.05, 4.69) is 10.3 Å². The van der Waals surface area contributed by atoms with Crippen molar-refractivity contribution in [3.8, 4) is 0 Å². The first-order valence-corrected chi connectivity index (χ1v) is 5.33. The average molecular weight is 227 g/mol. The number of hydrogen-bond acceptors (Lipinski definition) is 2. The van der Waals surface area contributed by atoms with Crippen LogP contribution in [0.5, 0.6) is 0 Å². The van der Waals surface area contributed by atoms with Crippen molar-refractivity contribution in [3.05, 3.63) is 30.1 Å². The summed E-state index contributed by atoms with van der Waals surface area (Å²) in [6.45, 7) is 3.94. The Hall–Kier alpha value is -1.09. The maximum absolute atomic E-state index is 11.2. The predicted octanol–water partition coefficient (Wildman–Crippen LogP) is 1.76. The van der Waals surface area contributed by atoms with Crippen molar-refractivity contribution in [3.63, 3.8) is 0 Å². The van der Waals surface area contributed by atoms with E-state index in [9.17, 15) is 4.79 Å². The Balaban J connectivity index is 2.60. The molecule has 0 saturated carbocycles. The number of aromatic nitrogens is 1. The van der Waals surface area contributed by atoms with Crippen molar-refractivity contribution in [2.45, 2.75) is 25.8 Å². The number of carbonyl (C=O) groups is 1. The molecule has 3 nitrogen and oxygen atoms in total. The molecule has 1 aromatic rings. The Bertz CT molecular complexity index is 325. The molecule has 4 heteroatoms. The van der Waals surface area contributed by atoms with Gasteiger partial charge in [0.15, 0.2) is 0 Å². The van der Waals surface area contributed by atoms with Gasteiger partial charge in [-0.1, -0.05) is 0 Å². The summed E-state index contributed by atoms with van der Waals surface area (Å²) < 4.78 is 0. The van der Waals surface area contributed by atoms with Gasteiger partial charge in [0.05, 0.1) is 0 Å². The van der Waals surface area contributed by atoms with E-state index in [4.69, 9.17) is 11.6 Å². The fraction of sp³-hybridized carbons (Fsp3) is 0.455. The van der Waals surface area contributed by atoms with Crippen LogP contribution in [0.1, 0.15) is 19.4 Å². The number of amides is 1. The van der Waals surface area contributed by atoms with Gasteiger partial charge < -0.3 is 5.32 Å². The van der Waals surface area contributed by atoms with Gasteiger partial charge in [0, 0.05) is 17.9 Å². The summed E-state index contributed by atoms with van der Waals surface area (Å²) >= 11 is 5.44. The number of pyridine rings is 1. The summed E-state index contributed by atoms with van der Waals surface area (Å²) in [5.74, 6) is -0.143. The summed E-state index contributed by atoms with van der Waals surface area (Å²) in [7, 11) is 0. The highest BCUT2D eigenvalue weighted by atomic mass is 35.5. The molecule has 1 rings (SSSR count). The van der Waals surface area contributed by atoms with Crippen molar-refractivity contribution in [1.82, 2.24) is 10.3 Å². The first kappa shape index (κ1) is 12.0. The van der Waals surface area contributed by atoms with Crippen molar-refractivity contribution >= 4 is 17.5 Å². The Morgan fingerprint density at radius 2 is 2.07 bits per heavy atom. The number of halogens is 1. The third-order valence-corrected chi connectivity index (χ3v) is 2.24. The van der Waals surface area contributed by atoms with Gasteiger partial charge in [-0.2, -0.15) is 0 Å². The van der Waals surface area contributed by atoms with Crippen LogP contribution in [-0.2, 0) is 11.2 Å². The van der Waals surface area contributed by atoms with Crippen LogP contribution in [0, 0.1) is 0 Å². The minimum Gasteiger partial charge on any atom is -0.350 e. The molecule has 0 aromatic carbocycles. The zero-order chi connectivity index (χ0) is 11.3. The summed E-state index contributed by atoms with van der Waals surface area (Å²) in [4.78, 5) is 15.1. The smallest absolute Gasteiger partial charge is 0.235 e. The van der Waals surface area contributed by atoms with E-state index >= 15 is 0 Å². The highest BCUT2D eigenvalue weighted by molar-refractivity contribution is 6.27. The molecule has 0 bridgehead atoms. The molecule has 0 spiro atoms. The SMILES string of the molecule is CC(C)(Cc1ccncc1)NC(=O)CCl. The first-order chi connectivity index (χ1) is 7.03. The number of carbonyl (C=O) groups excluding carboxylic acids is 1. The minimum absolute atomic E-state index is 0.000223. The highest BCUT2D eigenvalue weighted by Gasteiger charge is 2.20. The largest absolute Gasteiger partial charge is 0.350 e. The Labute approximate surface area is 94.9 Å². The van der Waals surface area contributed by atoms with Crippen LogP contribution in [0.2, 0.25) is 0 Å². The van der Waals surface area contributed by atoms with Crippen molar-refractivity contribution < 1.29 is 4.79 Å². The molecule has 1 amide bonds. The second kappa shape index (κ2) is 5.12. The van der Waals surface area contributed by atoms with Crippen LogP contribution in [0.25, 0.3) is 0 Å². The van der Waals surface area contributed by atoms with Crippen LogP contribution < -0.4 is 5.32 Å². The average Bonchev–Trinajstić information content (AvgIpc) is 2.17. The predicted molar refractivity (Wildman–Crippen MR) is 60.9 cm³/mol. The van der Waals surface area contributed by atoms with Crippen LogP contribution in [-0.4, -0.2) is 22.3 Å². The van der Waals surface area contributed by atoms with Crippen LogP contribution >= 0.6 is 11.6 Å². The standard InChI is InChI=1S/C11H15ClN2O/c1-11(2,14-10(15)8-12)7-9-3-5-13-6-4-9/h3-6H,7-8H2,1-2H3,(H,14,15). The molecule has 0 fully saturated rings. The third-order valence-electron chi connectivity index (χ3n) is 1.99. The topological polar surface area (TPSA) is 42.0 Å². The molecule has 15 heavy (non-hydrogen) atoms. The molecule has 1 heterocycles. The lowest BCUT2D eigenvalue weighted by Crippen LogP contribution is -2.45. The van der Waals surface area contributed by atoms with E-state index in [1.54, 1.807) is 12.4 Å². The molecule has 82 valence electrons. The summed E-state index contributed by atoms with van der Waals surface area (Å²) in [6.07, 6.45) is 4.25. The summed E-state index contributed by atoms with van der Waals surface area (Å²) in [6, 6.07) is 3.88. The van der Waals surface area contributed by atoms with Gasteiger partial charge >= 0.3 is 0 Å². The molecule has 0 aliphatic rings. The molecule has 0 saturated heterocycles. The highest BCUT2D eigenvalue weighted by Crippen LogP contribution is 2.11. The van der Waals surface area contributed by atoms with E-state index < -0.39 is 0 Å². The zero-order valence-electron chi connectivity index (χ0n) is 8.96. The van der Waals surface area contributed by atoms with Crippen LogP contribution in [0.15, 0.2) is 24.5 Å². The molecule has 1 N–H and O–H groups in total. The number of nitrogens with zero attached hydrogens (tertiary/aromatic N) is 1. The van der Waals surface area contributed by atoms with Gasteiger partial charge in [-0.3, -0.25) is 9.78 Å². The Kier molecular flexibility index (Phi) is 4.09. The third kappa shape index (κ3) is 4.30. The van der Waals surface area contributed by atoms with Gasteiger partial charge in [-0.25, -0.2) is 0 Å².